The molecule has 1 aromatic carbocycles. The maximum atomic E-state index is 15.8. The first-order valence-electron chi connectivity index (χ1n) is 18.1. The summed E-state index contributed by atoms with van der Waals surface area (Å²) in [5, 5.41) is 13.6. The average Bonchev–Trinajstić information content (AvgIpc) is 3.67. The van der Waals surface area contributed by atoms with Gasteiger partial charge in [0.2, 0.25) is 11.3 Å². The number of ether oxygens (including phenoxy) is 3. The number of hydrogen-bond acceptors (Lipinski definition) is 13. The minimum absolute atomic E-state index is 0.0201. The van der Waals surface area contributed by atoms with Gasteiger partial charge in [0.15, 0.2) is 6.10 Å². The zero-order valence-corrected chi connectivity index (χ0v) is 32.3. The van der Waals surface area contributed by atoms with Crippen molar-refractivity contribution in [1.82, 2.24) is 14.8 Å². The van der Waals surface area contributed by atoms with E-state index in [-0.39, 0.29) is 41.8 Å². The van der Waals surface area contributed by atoms with Gasteiger partial charge in [0, 0.05) is 72.2 Å². The molecule has 296 valence electrons. The van der Waals surface area contributed by atoms with Gasteiger partial charge in [-0.05, 0) is 44.2 Å². The Morgan fingerprint density at radius 1 is 1.12 bits per heavy atom. The normalized spacial score (nSPS) is 21.2. The number of pyridine rings is 1. The second-order valence-corrected chi connectivity index (χ2v) is 16.3. The minimum atomic E-state index is -1.38. The number of nitrogens with one attached hydrogen (secondary N) is 1. The first-order valence-corrected chi connectivity index (χ1v) is 20.1. The Morgan fingerprint density at radius 3 is 2.55 bits per heavy atom. The number of thiophene rings is 1. The Morgan fingerprint density at radius 2 is 1.88 bits per heavy atom. The topological polar surface area (TPSA) is 191 Å². The van der Waals surface area contributed by atoms with Crippen LogP contribution in [-0.4, -0.2) is 99.3 Å². The van der Waals surface area contributed by atoms with Crippen LogP contribution in [0.5, 0.6) is 0 Å². The maximum Gasteiger partial charge on any atom is 0.356 e. The summed E-state index contributed by atoms with van der Waals surface area (Å²) in [4.78, 5) is 93.2. The number of piperidine rings is 1. The number of β-lactam (4-membered cyclic amide) rings is 1. The lowest BCUT2D eigenvalue weighted by molar-refractivity contribution is -0.170. The molecule has 0 bridgehead atoms. The first-order chi connectivity index (χ1) is 26.7. The van der Waals surface area contributed by atoms with Crippen LogP contribution in [0.2, 0.25) is 0 Å². The fourth-order valence-electron chi connectivity index (χ4n) is 7.62. The monoisotopic (exact) mass is 810 g/mol. The van der Waals surface area contributed by atoms with Gasteiger partial charge in [-0.1, -0.05) is 6.07 Å². The lowest BCUT2D eigenvalue weighted by Gasteiger charge is -2.49. The number of amides is 2. The Labute approximate surface area is 327 Å². The number of anilines is 1. The summed E-state index contributed by atoms with van der Waals surface area (Å²) in [5.74, 6) is -5.12. The number of esters is 3. The van der Waals surface area contributed by atoms with Crippen molar-refractivity contribution in [2.24, 2.45) is 0 Å². The third-order valence-corrected chi connectivity index (χ3v) is 12.7. The summed E-state index contributed by atoms with van der Waals surface area (Å²) in [6, 6.07) is 3.75. The Bertz CT molecular complexity index is 2230. The Hall–Kier alpha value is -5.23. The van der Waals surface area contributed by atoms with Crippen molar-refractivity contribution in [2.45, 2.75) is 82.5 Å². The van der Waals surface area contributed by atoms with Crippen molar-refractivity contribution in [3.63, 3.8) is 0 Å². The molecule has 0 saturated carbocycles. The van der Waals surface area contributed by atoms with Crippen molar-refractivity contribution in [1.29, 1.82) is 0 Å². The van der Waals surface area contributed by atoms with Gasteiger partial charge in [-0.2, -0.15) is 0 Å². The lowest BCUT2D eigenvalue weighted by Crippen LogP contribution is -2.70. The molecule has 2 aromatic heterocycles. The zero-order valence-electron chi connectivity index (χ0n) is 30.7. The van der Waals surface area contributed by atoms with E-state index in [1.165, 1.54) is 48.0 Å². The van der Waals surface area contributed by atoms with Crippen LogP contribution in [0, 0.1) is 5.82 Å². The molecule has 2 N–H and O–H groups in total. The standard InChI is InChI=1S/C38H39FN4O11S2/c1-18-6-7-24-31-25(33(46)26(36(48)49)15-42(18)31)14-27(39)32(24)41-10-8-22(9-11-41)54-37(50)19(2)53-38(51)30-21(16-52-20(3)44)17-56-35-29(34(47)43(30)35)40-28(45)13-23-5-4-12-55-23/h4-5,12,14-15,18-19,22,29,35H,6-11,13,16-17H2,1-3H3,(H,40,45)(H,48,49)/t18?,19?,29-,35-/m0/s1. The highest BCUT2D eigenvalue weighted by Crippen LogP contribution is 2.42. The van der Waals surface area contributed by atoms with Crippen molar-refractivity contribution in [3.8, 4) is 0 Å². The van der Waals surface area contributed by atoms with E-state index in [4.69, 9.17) is 14.2 Å². The molecule has 15 nitrogen and oxygen atoms in total. The highest BCUT2D eigenvalue weighted by atomic mass is 32.2. The van der Waals surface area contributed by atoms with Crippen LogP contribution in [-0.2, 0) is 51.0 Å². The molecular weight excluding hydrogens is 772 g/mol. The molecule has 0 radical (unpaired) electrons. The summed E-state index contributed by atoms with van der Waals surface area (Å²) >= 11 is 2.71. The molecule has 0 aliphatic carbocycles. The second kappa shape index (κ2) is 15.7. The van der Waals surface area contributed by atoms with Gasteiger partial charge >= 0.3 is 23.9 Å². The minimum Gasteiger partial charge on any atom is -0.477 e. The van der Waals surface area contributed by atoms with E-state index in [1.807, 2.05) is 29.3 Å². The average molecular weight is 811 g/mol. The molecule has 4 aliphatic heterocycles. The highest BCUT2D eigenvalue weighted by Gasteiger charge is 2.54. The number of hydrogen-bond donors (Lipinski definition) is 2. The number of carbonyl (C=O) groups is 6. The van der Waals surface area contributed by atoms with Crippen LogP contribution >= 0.6 is 23.1 Å². The van der Waals surface area contributed by atoms with Crippen molar-refractivity contribution >= 4 is 75.4 Å². The smallest absolute Gasteiger partial charge is 0.356 e. The van der Waals surface area contributed by atoms with Gasteiger partial charge in [-0.25, -0.2) is 18.8 Å². The van der Waals surface area contributed by atoms with Crippen LogP contribution in [0.25, 0.3) is 10.9 Å². The fourth-order valence-corrected chi connectivity index (χ4v) is 9.65. The number of aryl methyl sites for hydroxylation is 1. The van der Waals surface area contributed by atoms with Crippen LogP contribution in [0.3, 0.4) is 0 Å². The van der Waals surface area contributed by atoms with Crippen molar-refractivity contribution < 1.29 is 52.5 Å². The number of halogens is 1. The highest BCUT2D eigenvalue weighted by molar-refractivity contribution is 8.00. The zero-order chi connectivity index (χ0) is 40.0. The van der Waals surface area contributed by atoms with Gasteiger partial charge < -0.3 is 34.1 Å². The number of aromatic nitrogens is 1. The number of benzene rings is 1. The third kappa shape index (κ3) is 7.38. The number of carboxylic acid groups (broad SMARTS) is 1. The SMILES string of the molecule is CC(=O)OCC1=C(C(=O)OC(C)C(=O)OC2CCN(c3c(F)cc4c(=O)c(C(=O)O)cn5c4c3CCC5C)CC2)N2C(=O)[C@H](NC(=O)Cc3cccs3)[C@@H]2SC1. The molecule has 18 heteroatoms. The van der Waals surface area contributed by atoms with Crippen molar-refractivity contribution in [3.05, 3.63) is 73.1 Å². The van der Waals surface area contributed by atoms with E-state index < -0.39 is 70.2 Å². The molecule has 2 unspecified atom stereocenters. The molecule has 6 heterocycles. The molecule has 0 spiro atoms. The van der Waals surface area contributed by atoms with E-state index in [0.717, 1.165) is 10.9 Å². The first kappa shape index (κ1) is 39.0. The third-order valence-electron chi connectivity index (χ3n) is 10.4. The van der Waals surface area contributed by atoms with Gasteiger partial charge in [0.1, 0.15) is 41.2 Å². The summed E-state index contributed by atoms with van der Waals surface area (Å²) in [5.41, 5.74) is 0.478. The van der Waals surface area contributed by atoms with E-state index in [1.54, 1.807) is 4.57 Å². The number of carbonyl (C=O) groups excluding carboxylic acids is 5. The van der Waals surface area contributed by atoms with Crippen LogP contribution in [0.1, 0.15) is 66.9 Å². The quantitative estimate of drug-likeness (QED) is 0.163. The molecule has 56 heavy (non-hydrogen) atoms. The number of carboxylic acids is 1. The Kier molecular flexibility index (Phi) is 11.0. The number of rotatable bonds is 11. The van der Waals surface area contributed by atoms with Gasteiger partial charge in [0.25, 0.3) is 5.91 Å². The summed E-state index contributed by atoms with van der Waals surface area (Å²) in [6.07, 6.45) is 1.21. The van der Waals surface area contributed by atoms with E-state index in [0.29, 0.717) is 61.1 Å². The van der Waals surface area contributed by atoms with Crippen LogP contribution in [0.15, 0.2) is 45.8 Å². The number of thioether (sulfide) groups is 1. The largest absolute Gasteiger partial charge is 0.477 e. The molecule has 7 rings (SSSR count). The van der Waals surface area contributed by atoms with Gasteiger partial charge in [0.05, 0.1) is 17.6 Å². The predicted molar refractivity (Wildman–Crippen MR) is 202 cm³/mol. The molecule has 2 fully saturated rings. The molecule has 2 amide bonds. The number of fused-ring (bicyclic) bond motifs is 1. The van der Waals surface area contributed by atoms with E-state index >= 15 is 4.39 Å². The molecular formula is C38H39FN4O11S2. The predicted octanol–water partition coefficient (Wildman–Crippen LogP) is 3.31. The maximum absolute atomic E-state index is 15.8. The second-order valence-electron chi connectivity index (χ2n) is 14.2. The fraction of sp³-hybridized carbons (Fsp3) is 0.447. The molecule has 4 atom stereocenters. The molecule has 3 aromatic rings. The summed E-state index contributed by atoms with van der Waals surface area (Å²) in [6.45, 7) is 4.80. The van der Waals surface area contributed by atoms with Gasteiger partial charge in [-0.3, -0.25) is 24.1 Å². The van der Waals surface area contributed by atoms with E-state index in [2.05, 4.69) is 5.32 Å². The van der Waals surface area contributed by atoms with Gasteiger partial charge in [-0.15, -0.1) is 23.1 Å². The molecule has 4 aliphatic rings. The van der Waals surface area contributed by atoms with Crippen molar-refractivity contribution in [2.75, 3.05) is 30.3 Å². The van der Waals surface area contributed by atoms with E-state index in [9.17, 15) is 38.7 Å². The summed E-state index contributed by atoms with van der Waals surface area (Å²) < 4.78 is 33.9. The Balaban J connectivity index is 0.998. The lowest BCUT2D eigenvalue weighted by atomic mass is 9.93. The molecule has 2 saturated heterocycles. The van der Waals surface area contributed by atoms with Crippen LogP contribution in [0.4, 0.5) is 10.1 Å². The number of aromatic carboxylic acids is 1. The number of nitrogens with zero attached hydrogens (tertiary/aromatic N) is 3. The summed E-state index contributed by atoms with van der Waals surface area (Å²) in [7, 11) is 0. The van der Waals surface area contributed by atoms with Crippen LogP contribution < -0.4 is 15.6 Å².